The lowest BCUT2D eigenvalue weighted by Crippen LogP contribution is -2.28. The minimum absolute atomic E-state index is 0.0363. The van der Waals surface area contributed by atoms with Gasteiger partial charge in [0.1, 0.15) is 11.5 Å². The average molecular weight is 416 g/mol. The van der Waals surface area contributed by atoms with Gasteiger partial charge in [0.25, 0.3) is 5.91 Å². The van der Waals surface area contributed by atoms with Crippen molar-refractivity contribution in [1.82, 2.24) is 0 Å². The SMILES string of the molecule is COc1ccc(CC(=O)Nc2ccc(C(=O)N3CCc4ccccc43)cc2)c(OC)c1. The van der Waals surface area contributed by atoms with E-state index in [2.05, 4.69) is 11.4 Å². The number of nitrogens with zero attached hydrogens (tertiary/aromatic N) is 1. The number of hydrogen-bond donors (Lipinski definition) is 1. The lowest BCUT2D eigenvalue weighted by Gasteiger charge is -2.17. The molecule has 158 valence electrons. The summed E-state index contributed by atoms with van der Waals surface area (Å²) >= 11 is 0. The Hall–Kier alpha value is -3.80. The van der Waals surface area contributed by atoms with E-state index in [1.807, 2.05) is 24.3 Å². The van der Waals surface area contributed by atoms with Crippen molar-refractivity contribution in [2.75, 3.05) is 31.0 Å². The van der Waals surface area contributed by atoms with Crippen molar-refractivity contribution in [3.05, 3.63) is 83.4 Å². The van der Waals surface area contributed by atoms with Gasteiger partial charge in [-0.2, -0.15) is 0 Å². The van der Waals surface area contributed by atoms with Gasteiger partial charge in [-0.05, 0) is 48.4 Å². The van der Waals surface area contributed by atoms with Gasteiger partial charge < -0.3 is 19.7 Å². The first-order chi connectivity index (χ1) is 15.1. The highest BCUT2D eigenvalue weighted by Gasteiger charge is 2.25. The molecule has 1 N–H and O–H groups in total. The molecule has 1 aliphatic heterocycles. The van der Waals surface area contributed by atoms with Crippen LogP contribution in [-0.4, -0.2) is 32.6 Å². The van der Waals surface area contributed by atoms with Crippen molar-refractivity contribution in [1.29, 1.82) is 0 Å². The maximum atomic E-state index is 12.9. The molecule has 3 aromatic carbocycles. The molecular weight excluding hydrogens is 392 g/mol. The predicted molar refractivity (Wildman–Crippen MR) is 120 cm³/mol. The van der Waals surface area contributed by atoms with E-state index in [-0.39, 0.29) is 18.2 Å². The lowest BCUT2D eigenvalue weighted by atomic mass is 10.1. The molecule has 0 fully saturated rings. The summed E-state index contributed by atoms with van der Waals surface area (Å²) < 4.78 is 10.5. The molecule has 0 spiro atoms. The van der Waals surface area contributed by atoms with E-state index in [0.717, 1.165) is 17.7 Å². The fraction of sp³-hybridized carbons (Fsp3) is 0.200. The number of fused-ring (bicyclic) bond motifs is 1. The molecule has 1 heterocycles. The van der Waals surface area contributed by atoms with Gasteiger partial charge in [-0.25, -0.2) is 0 Å². The van der Waals surface area contributed by atoms with Gasteiger partial charge in [0.2, 0.25) is 5.91 Å². The Bertz CT molecular complexity index is 1110. The van der Waals surface area contributed by atoms with E-state index in [0.29, 0.717) is 29.3 Å². The van der Waals surface area contributed by atoms with Crippen LogP contribution in [0.25, 0.3) is 0 Å². The Morgan fingerprint density at radius 1 is 0.968 bits per heavy atom. The third-order valence-corrected chi connectivity index (χ3v) is 5.39. The maximum Gasteiger partial charge on any atom is 0.258 e. The third kappa shape index (κ3) is 4.38. The number of ether oxygens (including phenoxy) is 2. The summed E-state index contributed by atoms with van der Waals surface area (Å²) in [5.41, 5.74) is 4.15. The number of carbonyl (C=O) groups excluding carboxylic acids is 2. The van der Waals surface area contributed by atoms with Crippen LogP contribution in [0.5, 0.6) is 11.5 Å². The molecule has 6 nitrogen and oxygen atoms in total. The zero-order valence-corrected chi connectivity index (χ0v) is 17.6. The summed E-state index contributed by atoms with van der Waals surface area (Å²) in [5, 5.41) is 2.87. The van der Waals surface area contributed by atoms with Crippen LogP contribution in [0.15, 0.2) is 66.7 Å². The van der Waals surface area contributed by atoms with Gasteiger partial charge in [-0.1, -0.05) is 24.3 Å². The number of nitrogens with one attached hydrogen (secondary N) is 1. The average Bonchev–Trinajstić information content (AvgIpc) is 3.23. The van der Waals surface area contributed by atoms with Gasteiger partial charge >= 0.3 is 0 Å². The van der Waals surface area contributed by atoms with Crippen LogP contribution in [-0.2, 0) is 17.6 Å². The quantitative estimate of drug-likeness (QED) is 0.657. The standard InChI is InChI=1S/C25H24N2O4/c1-30-21-12-9-19(23(16-21)31-2)15-24(28)26-20-10-7-18(8-11-20)25(29)27-14-13-17-5-3-4-6-22(17)27/h3-12,16H,13-15H2,1-2H3,(H,26,28). The zero-order chi connectivity index (χ0) is 21.8. The number of rotatable bonds is 6. The number of amides is 2. The van der Waals surface area contributed by atoms with Crippen molar-refractivity contribution in [2.45, 2.75) is 12.8 Å². The summed E-state index contributed by atoms with van der Waals surface area (Å²) in [6.45, 7) is 0.681. The van der Waals surface area contributed by atoms with Crippen molar-refractivity contribution in [3.8, 4) is 11.5 Å². The predicted octanol–water partition coefficient (Wildman–Crippen LogP) is 4.09. The summed E-state index contributed by atoms with van der Waals surface area (Å²) in [4.78, 5) is 27.2. The Balaban J connectivity index is 1.41. The third-order valence-electron chi connectivity index (χ3n) is 5.39. The highest BCUT2D eigenvalue weighted by atomic mass is 16.5. The van der Waals surface area contributed by atoms with E-state index in [9.17, 15) is 9.59 Å². The molecule has 0 aliphatic carbocycles. The Labute approximate surface area is 181 Å². The summed E-state index contributed by atoms with van der Waals surface area (Å²) in [6, 6.07) is 20.3. The summed E-state index contributed by atoms with van der Waals surface area (Å²) in [6.07, 6.45) is 1.03. The number of para-hydroxylation sites is 1. The van der Waals surface area contributed by atoms with Crippen LogP contribution >= 0.6 is 0 Å². The first kappa shape index (κ1) is 20.5. The Morgan fingerprint density at radius 3 is 2.48 bits per heavy atom. The topological polar surface area (TPSA) is 67.9 Å². The molecule has 3 aromatic rings. The van der Waals surface area contributed by atoms with E-state index in [4.69, 9.17) is 9.47 Å². The molecule has 31 heavy (non-hydrogen) atoms. The van der Waals surface area contributed by atoms with E-state index in [1.165, 1.54) is 5.56 Å². The molecule has 1 aliphatic rings. The first-order valence-corrected chi connectivity index (χ1v) is 10.1. The van der Waals surface area contributed by atoms with Gasteiger partial charge in [-0.15, -0.1) is 0 Å². The van der Waals surface area contributed by atoms with Gasteiger partial charge in [0.05, 0.1) is 20.6 Å². The molecule has 4 rings (SSSR count). The summed E-state index contributed by atoms with van der Waals surface area (Å²) in [5.74, 6) is 1.06. The minimum atomic E-state index is -0.170. The molecule has 0 saturated carbocycles. The molecule has 0 unspecified atom stereocenters. The van der Waals surface area contributed by atoms with Crippen LogP contribution in [0.2, 0.25) is 0 Å². The van der Waals surface area contributed by atoms with Crippen molar-refractivity contribution in [3.63, 3.8) is 0 Å². The van der Waals surface area contributed by atoms with Gasteiger partial charge in [-0.3, -0.25) is 9.59 Å². The smallest absolute Gasteiger partial charge is 0.258 e. The van der Waals surface area contributed by atoms with E-state index >= 15 is 0 Å². The molecule has 0 atom stereocenters. The molecule has 0 bridgehead atoms. The Kier molecular flexibility index (Phi) is 5.89. The van der Waals surface area contributed by atoms with Crippen LogP contribution in [0.3, 0.4) is 0 Å². The highest BCUT2D eigenvalue weighted by Crippen LogP contribution is 2.29. The molecule has 2 amide bonds. The Morgan fingerprint density at radius 2 is 1.74 bits per heavy atom. The lowest BCUT2D eigenvalue weighted by molar-refractivity contribution is -0.115. The van der Waals surface area contributed by atoms with Gasteiger partial charge in [0.15, 0.2) is 0 Å². The first-order valence-electron chi connectivity index (χ1n) is 10.1. The molecular formula is C25H24N2O4. The molecule has 0 radical (unpaired) electrons. The fourth-order valence-corrected chi connectivity index (χ4v) is 3.78. The van der Waals surface area contributed by atoms with E-state index in [1.54, 1.807) is 55.5 Å². The monoisotopic (exact) mass is 416 g/mol. The number of anilines is 2. The molecule has 0 saturated heterocycles. The minimum Gasteiger partial charge on any atom is -0.497 e. The van der Waals surface area contributed by atoms with Gasteiger partial charge in [0, 0.05) is 35.1 Å². The second kappa shape index (κ2) is 8.92. The molecule has 0 aromatic heterocycles. The second-order valence-corrected chi connectivity index (χ2v) is 7.32. The fourth-order valence-electron chi connectivity index (χ4n) is 3.78. The van der Waals surface area contributed by atoms with E-state index < -0.39 is 0 Å². The highest BCUT2D eigenvalue weighted by molar-refractivity contribution is 6.07. The normalized spacial score (nSPS) is 12.3. The zero-order valence-electron chi connectivity index (χ0n) is 17.6. The largest absolute Gasteiger partial charge is 0.497 e. The molecule has 6 heteroatoms. The second-order valence-electron chi connectivity index (χ2n) is 7.32. The van der Waals surface area contributed by atoms with Crippen molar-refractivity contribution in [2.24, 2.45) is 0 Å². The van der Waals surface area contributed by atoms with Crippen LogP contribution in [0, 0.1) is 0 Å². The van der Waals surface area contributed by atoms with Crippen LogP contribution in [0.4, 0.5) is 11.4 Å². The number of carbonyl (C=O) groups is 2. The van der Waals surface area contributed by atoms with Crippen molar-refractivity contribution >= 4 is 23.2 Å². The van der Waals surface area contributed by atoms with Crippen LogP contribution < -0.4 is 19.7 Å². The maximum absolute atomic E-state index is 12.9. The van der Waals surface area contributed by atoms with Crippen LogP contribution in [0.1, 0.15) is 21.5 Å². The number of methoxy groups -OCH3 is 2. The number of hydrogen-bond acceptors (Lipinski definition) is 4. The number of benzene rings is 3. The summed E-state index contributed by atoms with van der Waals surface area (Å²) in [7, 11) is 3.14. The van der Waals surface area contributed by atoms with Crippen molar-refractivity contribution < 1.29 is 19.1 Å².